The molecule has 47 heavy (non-hydrogen) atoms. The minimum absolute atomic E-state index is 0.0346. The van der Waals surface area contributed by atoms with Gasteiger partial charge in [-0.15, -0.1) is 19.3 Å². The molecule has 0 atom stereocenters. The molecule has 0 aliphatic rings. The van der Waals surface area contributed by atoms with E-state index in [1.807, 2.05) is 7.05 Å². The molecule has 0 unspecified atom stereocenters. The van der Waals surface area contributed by atoms with Crippen molar-refractivity contribution in [1.29, 1.82) is 0 Å². The summed E-state index contributed by atoms with van der Waals surface area (Å²) < 4.78 is 49.2. The van der Waals surface area contributed by atoms with Crippen LogP contribution in [-0.4, -0.2) is 156 Å². The highest BCUT2D eigenvalue weighted by Crippen LogP contribution is 2.10. The van der Waals surface area contributed by atoms with Gasteiger partial charge in [-0.3, -0.25) is 9.59 Å². The summed E-state index contributed by atoms with van der Waals surface area (Å²) in [6.45, 7) is 6.50. The SMILES string of the molecule is C#CCOCC(COCC#C)(COCC#C)NC(=O)CCOCCOCCOCCOCCOCCOCCNC(=O)CCCNC. The monoisotopic (exact) mass is 669 g/mol. The fourth-order valence-corrected chi connectivity index (χ4v) is 3.65. The molecule has 0 saturated carbocycles. The summed E-state index contributed by atoms with van der Waals surface area (Å²) in [5, 5.41) is 8.72. The van der Waals surface area contributed by atoms with Crippen LogP contribution in [0.4, 0.5) is 0 Å². The number of hydrogen-bond acceptors (Lipinski definition) is 12. The highest BCUT2D eigenvalue weighted by atomic mass is 16.6. The van der Waals surface area contributed by atoms with Crippen molar-refractivity contribution in [3.63, 3.8) is 0 Å². The molecule has 0 spiro atoms. The molecule has 0 radical (unpaired) electrons. The van der Waals surface area contributed by atoms with E-state index in [4.69, 9.17) is 61.9 Å². The first kappa shape index (κ1) is 44.2. The van der Waals surface area contributed by atoms with Gasteiger partial charge in [0.25, 0.3) is 0 Å². The van der Waals surface area contributed by atoms with E-state index in [9.17, 15) is 9.59 Å². The van der Waals surface area contributed by atoms with Crippen molar-refractivity contribution >= 4 is 11.8 Å². The van der Waals surface area contributed by atoms with E-state index in [1.165, 1.54) is 0 Å². The average Bonchev–Trinajstić information content (AvgIpc) is 3.06. The Morgan fingerprint density at radius 3 is 1.34 bits per heavy atom. The van der Waals surface area contributed by atoms with Crippen molar-refractivity contribution in [3.8, 4) is 37.0 Å². The third-order valence-electron chi connectivity index (χ3n) is 5.83. The summed E-state index contributed by atoms with van der Waals surface area (Å²) in [7, 11) is 1.86. The lowest BCUT2D eigenvalue weighted by Gasteiger charge is -2.33. The zero-order valence-electron chi connectivity index (χ0n) is 28.0. The number of hydrogen-bond donors (Lipinski definition) is 3. The Bertz CT molecular complexity index is 836. The van der Waals surface area contributed by atoms with E-state index in [-0.39, 0.29) is 64.5 Å². The van der Waals surface area contributed by atoms with Gasteiger partial charge < -0.3 is 58.6 Å². The number of carbonyl (C=O) groups excluding carboxylic acids is 2. The summed E-state index contributed by atoms with van der Waals surface area (Å²) >= 11 is 0. The number of amides is 2. The third-order valence-corrected chi connectivity index (χ3v) is 5.83. The smallest absolute Gasteiger partial charge is 0.222 e. The van der Waals surface area contributed by atoms with Gasteiger partial charge >= 0.3 is 0 Å². The number of nitrogens with one attached hydrogen (secondary N) is 3. The van der Waals surface area contributed by atoms with Crippen molar-refractivity contribution in [1.82, 2.24) is 16.0 Å². The molecule has 0 fully saturated rings. The Morgan fingerprint density at radius 2 is 0.936 bits per heavy atom. The Kier molecular flexibility index (Phi) is 32.5. The molecule has 0 saturated heterocycles. The second kappa shape index (κ2) is 34.6. The average molecular weight is 670 g/mol. The van der Waals surface area contributed by atoms with Crippen LogP contribution in [0.5, 0.6) is 0 Å². The summed E-state index contributed by atoms with van der Waals surface area (Å²) in [6.07, 6.45) is 17.2. The largest absolute Gasteiger partial charge is 0.379 e. The van der Waals surface area contributed by atoms with E-state index in [0.29, 0.717) is 85.6 Å². The van der Waals surface area contributed by atoms with Crippen molar-refractivity contribution < 1.29 is 52.2 Å². The van der Waals surface area contributed by atoms with E-state index in [1.54, 1.807) is 0 Å². The maximum atomic E-state index is 12.6. The lowest BCUT2D eigenvalue weighted by atomic mass is 10.0. The molecular weight excluding hydrogens is 614 g/mol. The second-order valence-corrected chi connectivity index (χ2v) is 9.90. The summed E-state index contributed by atoms with van der Waals surface area (Å²) in [5.74, 6) is 6.90. The molecular formula is C33H55N3O11. The molecule has 0 aliphatic heterocycles. The molecule has 268 valence electrons. The number of ether oxygens (including phenoxy) is 9. The van der Waals surface area contributed by atoms with Crippen LogP contribution in [-0.2, 0) is 52.2 Å². The van der Waals surface area contributed by atoms with E-state index < -0.39 is 5.54 Å². The van der Waals surface area contributed by atoms with Crippen LogP contribution in [0.3, 0.4) is 0 Å². The standard InChI is InChI=1S/C33H55N3O11/c1-5-13-45-28-33(29-46-14-6-2,30-47-15-7-3)36-32(38)10-16-39-18-20-41-22-24-43-26-27-44-25-23-42-21-19-40-17-12-35-31(37)9-8-11-34-4/h1-3,34H,8-30H2,4H3,(H,35,37)(H,36,38). The van der Waals surface area contributed by atoms with Crippen LogP contribution in [0.2, 0.25) is 0 Å². The zero-order valence-corrected chi connectivity index (χ0v) is 28.0. The number of carbonyl (C=O) groups is 2. The predicted molar refractivity (Wildman–Crippen MR) is 176 cm³/mol. The van der Waals surface area contributed by atoms with Gasteiger partial charge in [0.1, 0.15) is 25.4 Å². The Morgan fingerprint density at radius 1 is 0.532 bits per heavy atom. The molecule has 14 heteroatoms. The van der Waals surface area contributed by atoms with Crippen molar-refractivity contribution in [2.75, 3.05) is 139 Å². The van der Waals surface area contributed by atoms with Crippen LogP contribution in [0.25, 0.3) is 0 Å². The fourth-order valence-electron chi connectivity index (χ4n) is 3.65. The van der Waals surface area contributed by atoms with E-state index in [2.05, 4.69) is 33.7 Å². The highest BCUT2D eigenvalue weighted by molar-refractivity contribution is 5.77. The van der Waals surface area contributed by atoms with E-state index in [0.717, 1.165) is 13.0 Å². The molecule has 0 heterocycles. The first-order chi connectivity index (χ1) is 23.0. The van der Waals surface area contributed by atoms with Gasteiger partial charge in [0.2, 0.25) is 11.8 Å². The minimum Gasteiger partial charge on any atom is -0.379 e. The second-order valence-electron chi connectivity index (χ2n) is 9.90. The molecule has 0 aromatic carbocycles. The van der Waals surface area contributed by atoms with Gasteiger partial charge in [-0.25, -0.2) is 0 Å². The minimum atomic E-state index is -1.02. The van der Waals surface area contributed by atoms with Gasteiger partial charge in [0, 0.05) is 19.4 Å². The molecule has 0 rings (SSSR count). The third kappa shape index (κ3) is 30.3. The Hall–Kier alpha value is -2.78. The van der Waals surface area contributed by atoms with Gasteiger partial charge in [0.15, 0.2) is 0 Å². The number of terminal acetylenes is 3. The molecule has 3 N–H and O–H groups in total. The van der Waals surface area contributed by atoms with Crippen molar-refractivity contribution in [3.05, 3.63) is 0 Å². The molecule has 0 bridgehead atoms. The highest BCUT2D eigenvalue weighted by Gasteiger charge is 2.33. The molecule has 0 aromatic rings. The fraction of sp³-hybridized carbons (Fsp3) is 0.758. The maximum Gasteiger partial charge on any atom is 0.222 e. The molecule has 0 aromatic heterocycles. The van der Waals surface area contributed by atoms with Crippen LogP contribution >= 0.6 is 0 Å². The van der Waals surface area contributed by atoms with Crippen molar-refractivity contribution in [2.24, 2.45) is 0 Å². The quantitative estimate of drug-likeness (QED) is 0.0584. The normalized spacial score (nSPS) is 11.0. The lowest BCUT2D eigenvalue weighted by molar-refractivity contribution is -0.128. The van der Waals surface area contributed by atoms with Crippen LogP contribution in [0, 0.1) is 37.0 Å². The van der Waals surface area contributed by atoms with E-state index >= 15 is 0 Å². The summed E-state index contributed by atoms with van der Waals surface area (Å²) in [4.78, 5) is 24.2. The first-order valence-electron chi connectivity index (χ1n) is 15.8. The lowest BCUT2D eigenvalue weighted by Crippen LogP contribution is -2.58. The summed E-state index contributed by atoms with van der Waals surface area (Å²) in [5.41, 5.74) is -1.02. The van der Waals surface area contributed by atoms with Crippen LogP contribution < -0.4 is 16.0 Å². The summed E-state index contributed by atoms with van der Waals surface area (Å²) in [6, 6.07) is 0. The van der Waals surface area contributed by atoms with Crippen LogP contribution in [0.15, 0.2) is 0 Å². The predicted octanol–water partition coefficient (Wildman–Crippen LogP) is -0.604. The molecule has 14 nitrogen and oxygen atoms in total. The maximum absolute atomic E-state index is 12.6. The van der Waals surface area contributed by atoms with Crippen LogP contribution in [0.1, 0.15) is 19.3 Å². The van der Waals surface area contributed by atoms with Crippen molar-refractivity contribution in [2.45, 2.75) is 24.8 Å². The van der Waals surface area contributed by atoms with Gasteiger partial charge in [0.05, 0.1) is 99.1 Å². The zero-order chi connectivity index (χ0) is 34.5. The number of rotatable bonds is 35. The topological polar surface area (TPSA) is 153 Å². The van der Waals surface area contributed by atoms with Gasteiger partial charge in [-0.2, -0.15) is 0 Å². The molecule has 0 aliphatic carbocycles. The Balaban J connectivity index is 3.74. The molecule has 2 amide bonds. The Labute approximate surface area is 280 Å². The van der Waals surface area contributed by atoms with Gasteiger partial charge in [-0.1, -0.05) is 17.8 Å². The first-order valence-corrected chi connectivity index (χ1v) is 15.8. The van der Waals surface area contributed by atoms with Gasteiger partial charge in [-0.05, 0) is 20.0 Å².